The highest BCUT2D eigenvalue weighted by Crippen LogP contribution is 2.33. The third-order valence-electron chi connectivity index (χ3n) is 3.89. The van der Waals surface area contributed by atoms with E-state index in [0.717, 1.165) is 23.5 Å². The van der Waals surface area contributed by atoms with Crippen molar-refractivity contribution in [3.05, 3.63) is 70.2 Å². The number of hydrogen-bond acceptors (Lipinski definition) is 4. The smallest absolute Gasteiger partial charge is 0.416 e. The van der Waals surface area contributed by atoms with E-state index < -0.39 is 11.7 Å². The number of para-hydroxylation sites is 1. The molecule has 0 atom stereocenters. The number of nitrogens with zero attached hydrogens (tertiary/aromatic N) is 1. The Morgan fingerprint density at radius 1 is 1.15 bits per heavy atom. The van der Waals surface area contributed by atoms with Gasteiger partial charge in [0, 0.05) is 17.7 Å². The van der Waals surface area contributed by atoms with Crippen LogP contribution < -0.4 is 5.32 Å². The molecule has 0 aliphatic carbocycles. The zero-order valence-electron chi connectivity index (χ0n) is 14.2. The zero-order chi connectivity index (χ0) is 19.6. The SMILES string of the molecule is Cc1nc(-c2ccc(C(F)(F)F)cc2)sc1C(=O)NCc1ccccc1O. The summed E-state index contributed by atoms with van der Waals surface area (Å²) in [5.74, 6) is -0.268. The Hall–Kier alpha value is -2.87. The van der Waals surface area contributed by atoms with E-state index in [4.69, 9.17) is 0 Å². The molecule has 0 unspecified atom stereocenters. The first-order valence-corrected chi connectivity index (χ1v) is 8.77. The van der Waals surface area contributed by atoms with Crippen molar-refractivity contribution < 1.29 is 23.1 Å². The van der Waals surface area contributed by atoms with Crippen LogP contribution in [0.4, 0.5) is 13.2 Å². The number of amides is 1. The van der Waals surface area contributed by atoms with Crippen LogP contribution in [-0.2, 0) is 12.7 Å². The molecule has 2 aromatic carbocycles. The molecule has 0 radical (unpaired) electrons. The number of aryl methyl sites for hydroxylation is 1. The van der Waals surface area contributed by atoms with Gasteiger partial charge in [0.2, 0.25) is 0 Å². The summed E-state index contributed by atoms with van der Waals surface area (Å²) in [7, 11) is 0. The molecule has 0 aliphatic rings. The molecule has 1 amide bonds. The van der Waals surface area contributed by atoms with Crippen LogP contribution >= 0.6 is 11.3 Å². The Morgan fingerprint density at radius 3 is 2.44 bits per heavy atom. The van der Waals surface area contributed by atoms with Crippen LogP contribution in [-0.4, -0.2) is 16.0 Å². The van der Waals surface area contributed by atoms with Crippen molar-refractivity contribution in [2.45, 2.75) is 19.6 Å². The summed E-state index contributed by atoms with van der Waals surface area (Å²) in [6.07, 6.45) is -4.40. The van der Waals surface area contributed by atoms with Crippen molar-refractivity contribution in [2.24, 2.45) is 0 Å². The van der Waals surface area contributed by atoms with Gasteiger partial charge in [0.15, 0.2) is 0 Å². The van der Waals surface area contributed by atoms with Gasteiger partial charge in [-0.15, -0.1) is 11.3 Å². The lowest BCUT2D eigenvalue weighted by atomic mass is 10.1. The number of aromatic hydroxyl groups is 1. The van der Waals surface area contributed by atoms with Gasteiger partial charge in [-0.3, -0.25) is 4.79 Å². The standard InChI is InChI=1S/C19H15F3N2O2S/c1-11-16(17(26)23-10-13-4-2-3-5-15(13)25)27-18(24-11)12-6-8-14(9-7-12)19(20,21)22/h2-9,25H,10H2,1H3,(H,23,26). The predicted molar refractivity (Wildman–Crippen MR) is 96.6 cm³/mol. The predicted octanol–water partition coefficient (Wildman–Crippen LogP) is 4.77. The summed E-state index contributed by atoms with van der Waals surface area (Å²) < 4.78 is 38.0. The third-order valence-corrected chi connectivity index (χ3v) is 5.10. The van der Waals surface area contributed by atoms with Crippen LogP contribution in [0.3, 0.4) is 0 Å². The molecule has 1 heterocycles. The van der Waals surface area contributed by atoms with Gasteiger partial charge in [-0.25, -0.2) is 4.98 Å². The molecular weight excluding hydrogens is 377 g/mol. The van der Waals surface area contributed by atoms with E-state index in [1.165, 1.54) is 18.2 Å². The second-order valence-electron chi connectivity index (χ2n) is 5.82. The number of phenols is 1. The van der Waals surface area contributed by atoms with E-state index in [2.05, 4.69) is 10.3 Å². The van der Waals surface area contributed by atoms with Crippen LogP contribution in [0, 0.1) is 6.92 Å². The maximum Gasteiger partial charge on any atom is 0.416 e. The van der Waals surface area contributed by atoms with Crippen molar-refractivity contribution in [1.29, 1.82) is 0 Å². The lowest BCUT2D eigenvalue weighted by molar-refractivity contribution is -0.137. The monoisotopic (exact) mass is 392 g/mol. The normalized spacial score (nSPS) is 11.4. The molecule has 4 nitrogen and oxygen atoms in total. The van der Waals surface area contributed by atoms with Crippen molar-refractivity contribution in [2.75, 3.05) is 0 Å². The van der Waals surface area contributed by atoms with E-state index in [1.54, 1.807) is 25.1 Å². The molecule has 0 aliphatic heterocycles. The Balaban J connectivity index is 1.76. The number of halogens is 3. The highest BCUT2D eigenvalue weighted by atomic mass is 32.1. The molecule has 2 N–H and O–H groups in total. The fourth-order valence-electron chi connectivity index (χ4n) is 2.45. The number of aromatic nitrogens is 1. The van der Waals surface area contributed by atoms with Crippen molar-refractivity contribution >= 4 is 17.2 Å². The molecule has 0 saturated carbocycles. The van der Waals surface area contributed by atoms with E-state index in [0.29, 0.717) is 26.7 Å². The van der Waals surface area contributed by atoms with E-state index in [9.17, 15) is 23.1 Å². The lowest BCUT2D eigenvalue weighted by Gasteiger charge is -2.06. The summed E-state index contributed by atoms with van der Waals surface area (Å²) in [5, 5.41) is 12.9. The molecule has 0 bridgehead atoms. The number of carbonyl (C=O) groups excluding carboxylic acids is 1. The van der Waals surface area contributed by atoms with E-state index in [-0.39, 0.29) is 18.2 Å². The molecule has 8 heteroatoms. The summed E-state index contributed by atoms with van der Waals surface area (Å²) >= 11 is 1.11. The highest BCUT2D eigenvalue weighted by molar-refractivity contribution is 7.17. The maximum atomic E-state index is 12.7. The second kappa shape index (κ2) is 7.40. The molecule has 1 aromatic heterocycles. The fourth-order valence-corrected chi connectivity index (χ4v) is 3.44. The van der Waals surface area contributed by atoms with Gasteiger partial charge in [-0.1, -0.05) is 30.3 Å². The van der Waals surface area contributed by atoms with Crippen LogP contribution in [0.25, 0.3) is 10.6 Å². The zero-order valence-corrected chi connectivity index (χ0v) is 15.0. The molecular formula is C19H15F3N2O2S. The average molecular weight is 392 g/mol. The quantitative estimate of drug-likeness (QED) is 0.672. The molecule has 0 saturated heterocycles. The van der Waals surface area contributed by atoms with E-state index >= 15 is 0 Å². The van der Waals surface area contributed by atoms with Gasteiger partial charge < -0.3 is 10.4 Å². The van der Waals surface area contributed by atoms with Gasteiger partial charge in [0.1, 0.15) is 15.6 Å². The Labute approximate surface area is 157 Å². The van der Waals surface area contributed by atoms with Crippen LogP contribution in [0.15, 0.2) is 48.5 Å². The average Bonchev–Trinajstić information content (AvgIpc) is 3.02. The minimum absolute atomic E-state index is 0.0873. The first-order chi connectivity index (χ1) is 12.8. The Kier molecular flexibility index (Phi) is 5.18. The molecule has 3 rings (SSSR count). The molecule has 3 aromatic rings. The number of thiazole rings is 1. The van der Waals surface area contributed by atoms with Crippen molar-refractivity contribution in [3.63, 3.8) is 0 Å². The van der Waals surface area contributed by atoms with Gasteiger partial charge in [0.25, 0.3) is 5.91 Å². The fraction of sp³-hybridized carbons (Fsp3) is 0.158. The van der Waals surface area contributed by atoms with Gasteiger partial charge >= 0.3 is 6.18 Å². The topological polar surface area (TPSA) is 62.2 Å². The number of rotatable bonds is 4. The Morgan fingerprint density at radius 2 is 1.81 bits per heavy atom. The largest absolute Gasteiger partial charge is 0.508 e. The summed E-state index contributed by atoms with van der Waals surface area (Å²) in [4.78, 5) is 17.1. The minimum Gasteiger partial charge on any atom is -0.508 e. The minimum atomic E-state index is -4.40. The third kappa shape index (κ3) is 4.28. The second-order valence-corrected chi connectivity index (χ2v) is 6.82. The van der Waals surface area contributed by atoms with Gasteiger partial charge in [0.05, 0.1) is 11.3 Å². The number of hydrogen-bond donors (Lipinski definition) is 2. The lowest BCUT2D eigenvalue weighted by Crippen LogP contribution is -2.22. The van der Waals surface area contributed by atoms with Crippen molar-refractivity contribution in [3.8, 4) is 16.3 Å². The van der Waals surface area contributed by atoms with Gasteiger partial charge in [-0.2, -0.15) is 13.2 Å². The molecule has 27 heavy (non-hydrogen) atoms. The Bertz CT molecular complexity index is 966. The van der Waals surface area contributed by atoms with Crippen LogP contribution in [0.2, 0.25) is 0 Å². The summed E-state index contributed by atoms with van der Waals surface area (Å²) in [5.41, 5.74) is 0.844. The van der Waals surface area contributed by atoms with E-state index in [1.807, 2.05) is 0 Å². The molecule has 0 spiro atoms. The number of carbonyl (C=O) groups is 1. The van der Waals surface area contributed by atoms with Crippen LogP contribution in [0.5, 0.6) is 5.75 Å². The summed E-state index contributed by atoms with van der Waals surface area (Å²) in [6, 6.07) is 11.3. The van der Waals surface area contributed by atoms with Crippen molar-refractivity contribution in [1.82, 2.24) is 10.3 Å². The first kappa shape index (κ1) is 18.9. The number of phenolic OH excluding ortho intramolecular Hbond substituents is 1. The highest BCUT2D eigenvalue weighted by Gasteiger charge is 2.30. The first-order valence-electron chi connectivity index (χ1n) is 7.96. The number of benzene rings is 2. The molecule has 0 fully saturated rings. The number of nitrogens with one attached hydrogen (secondary N) is 1. The summed E-state index contributed by atoms with van der Waals surface area (Å²) in [6.45, 7) is 1.82. The molecule has 140 valence electrons. The maximum absolute atomic E-state index is 12.7. The van der Waals surface area contributed by atoms with Crippen LogP contribution in [0.1, 0.15) is 26.5 Å². The van der Waals surface area contributed by atoms with Gasteiger partial charge in [-0.05, 0) is 25.1 Å². The number of alkyl halides is 3.